The lowest BCUT2D eigenvalue weighted by Crippen LogP contribution is -2.50. The second-order valence-corrected chi connectivity index (χ2v) is 7.83. The predicted molar refractivity (Wildman–Crippen MR) is 118 cm³/mol. The molecule has 7 nitrogen and oxygen atoms in total. The maximum Gasteiger partial charge on any atom is 0.271 e. The number of piperazine rings is 1. The highest BCUT2D eigenvalue weighted by Gasteiger charge is 2.23. The summed E-state index contributed by atoms with van der Waals surface area (Å²) in [6, 6.07) is 12.4. The number of amides is 1. The number of carbonyl (C=O) groups excluding carboxylic acids is 1. The minimum Gasteiger partial charge on any atom is -0.484 e. The number of non-ortho nitro benzene ring substituents is 1. The highest BCUT2D eigenvalue weighted by Crippen LogP contribution is 2.30. The van der Waals surface area contributed by atoms with Crippen molar-refractivity contribution in [1.29, 1.82) is 0 Å². The van der Waals surface area contributed by atoms with Crippen molar-refractivity contribution < 1.29 is 14.5 Å². The van der Waals surface area contributed by atoms with Gasteiger partial charge in [-0.3, -0.25) is 14.9 Å². The monoisotopic (exact) mass is 431 g/mol. The van der Waals surface area contributed by atoms with Crippen LogP contribution in [0.4, 0.5) is 11.4 Å². The molecule has 0 N–H and O–H groups in total. The molecule has 0 saturated carbocycles. The Morgan fingerprint density at radius 3 is 2.40 bits per heavy atom. The number of nitro benzene ring substituents is 1. The van der Waals surface area contributed by atoms with Gasteiger partial charge in [-0.1, -0.05) is 37.6 Å². The summed E-state index contributed by atoms with van der Waals surface area (Å²) in [4.78, 5) is 26.7. The molecule has 2 aromatic carbocycles. The predicted octanol–water partition coefficient (Wildman–Crippen LogP) is 4.49. The topological polar surface area (TPSA) is 75.9 Å². The van der Waals surface area contributed by atoms with Crippen LogP contribution in [0.2, 0.25) is 5.02 Å². The van der Waals surface area contributed by atoms with Gasteiger partial charge in [-0.05, 0) is 36.1 Å². The molecular weight excluding hydrogens is 406 g/mol. The fourth-order valence-electron chi connectivity index (χ4n) is 3.43. The number of hydrogen-bond donors (Lipinski definition) is 0. The summed E-state index contributed by atoms with van der Waals surface area (Å²) >= 11 is 6.22. The Bertz CT molecular complexity index is 896. The van der Waals surface area contributed by atoms with Crippen molar-refractivity contribution in [3.63, 3.8) is 0 Å². The summed E-state index contributed by atoms with van der Waals surface area (Å²) in [5.74, 6) is 1.13. The first-order chi connectivity index (χ1) is 14.4. The normalized spacial score (nSPS) is 15.0. The minimum absolute atomic E-state index is 0.000958. The Kier molecular flexibility index (Phi) is 7.15. The average Bonchev–Trinajstić information content (AvgIpc) is 2.77. The second-order valence-electron chi connectivity index (χ2n) is 7.43. The van der Waals surface area contributed by atoms with Gasteiger partial charge in [0.1, 0.15) is 5.75 Å². The van der Waals surface area contributed by atoms with Gasteiger partial charge in [-0.15, -0.1) is 0 Å². The molecule has 1 atom stereocenters. The van der Waals surface area contributed by atoms with Crippen LogP contribution in [0.25, 0.3) is 0 Å². The SMILES string of the molecule is CC[C@H](C)c1ccc(OCC(=O)N2CCN(c3ccc([N+](=O)[O-])cc3Cl)CC2)cc1. The number of halogens is 1. The Morgan fingerprint density at radius 1 is 1.17 bits per heavy atom. The molecule has 3 rings (SSSR count). The van der Waals surface area contributed by atoms with Crippen LogP contribution in [0, 0.1) is 10.1 Å². The highest BCUT2D eigenvalue weighted by atomic mass is 35.5. The van der Waals surface area contributed by atoms with Crippen LogP contribution in [0.3, 0.4) is 0 Å². The van der Waals surface area contributed by atoms with Gasteiger partial charge in [-0.25, -0.2) is 0 Å². The van der Waals surface area contributed by atoms with E-state index in [4.69, 9.17) is 16.3 Å². The van der Waals surface area contributed by atoms with Gasteiger partial charge in [0.2, 0.25) is 0 Å². The van der Waals surface area contributed by atoms with E-state index < -0.39 is 4.92 Å². The molecule has 0 aromatic heterocycles. The molecule has 0 bridgehead atoms. The Balaban J connectivity index is 1.50. The van der Waals surface area contributed by atoms with E-state index in [1.54, 1.807) is 11.0 Å². The van der Waals surface area contributed by atoms with E-state index in [9.17, 15) is 14.9 Å². The molecule has 1 aliphatic rings. The van der Waals surface area contributed by atoms with Gasteiger partial charge >= 0.3 is 0 Å². The third kappa shape index (κ3) is 5.21. The molecule has 1 fully saturated rings. The number of benzene rings is 2. The molecule has 1 aliphatic heterocycles. The molecule has 1 amide bonds. The van der Waals surface area contributed by atoms with Crippen molar-refractivity contribution in [2.45, 2.75) is 26.2 Å². The van der Waals surface area contributed by atoms with Crippen LogP contribution in [-0.4, -0.2) is 48.5 Å². The first-order valence-electron chi connectivity index (χ1n) is 10.1. The average molecular weight is 432 g/mol. The standard InChI is InChI=1S/C22H26ClN3O4/c1-3-16(2)17-4-7-19(8-5-17)30-15-22(27)25-12-10-24(11-13-25)21-9-6-18(26(28)29)14-20(21)23/h4-9,14,16H,3,10-13,15H2,1-2H3/t16-/m0/s1. The fraction of sp³-hybridized carbons (Fsp3) is 0.409. The Morgan fingerprint density at radius 2 is 1.83 bits per heavy atom. The maximum atomic E-state index is 12.5. The molecule has 0 radical (unpaired) electrons. The van der Waals surface area contributed by atoms with Crippen LogP contribution in [0.5, 0.6) is 5.75 Å². The molecule has 160 valence electrons. The van der Waals surface area contributed by atoms with Gasteiger partial charge in [-0.2, -0.15) is 0 Å². The maximum absolute atomic E-state index is 12.5. The van der Waals surface area contributed by atoms with Crippen LogP contribution in [0.1, 0.15) is 31.7 Å². The molecule has 1 heterocycles. The Hall–Kier alpha value is -2.80. The van der Waals surface area contributed by atoms with Crippen molar-refractivity contribution in [2.24, 2.45) is 0 Å². The van der Waals surface area contributed by atoms with E-state index >= 15 is 0 Å². The van der Waals surface area contributed by atoms with Crippen LogP contribution < -0.4 is 9.64 Å². The zero-order valence-electron chi connectivity index (χ0n) is 17.2. The van der Waals surface area contributed by atoms with E-state index in [-0.39, 0.29) is 18.2 Å². The van der Waals surface area contributed by atoms with Gasteiger partial charge in [0.15, 0.2) is 6.61 Å². The number of anilines is 1. The smallest absolute Gasteiger partial charge is 0.271 e. The van der Waals surface area contributed by atoms with E-state index in [1.165, 1.54) is 17.7 Å². The molecule has 0 aliphatic carbocycles. The minimum atomic E-state index is -0.468. The Labute approximate surface area is 181 Å². The lowest BCUT2D eigenvalue weighted by molar-refractivity contribution is -0.384. The van der Waals surface area contributed by atoms with Crippen LogP contribution >= 0.6 is 11.6 Å². The first kappa shape index (κ1) is 21.9. The largest absolute Gasteiger partial charge is 0.484 e. The van der Waals surface area contributed by atoms with Gasteiger partial charge in [0.25, 0.3) is 11.6 Å². The lowest BCUT2D eigenvalue weighted by Gasteiger charge is -2.36. The highest BCUT2D eigenvalue weighted by molar-refractivity contribution is 6.33. The van der Waals surface area contributed by atoms with Gasteiger partial charge in [0, 0.05) is 38.3 Å². The number of ether oxygens (including phenoxy) is 1. The number of nitrogens with zero attached hydrogens (tertiary/aromatic N) is 3. The van der Waals surface area contributed by atoms with Crippen LogP contribution in [-0.2, 0) is 4.79 Å². The van der Waals surface area contributed by atoms with Crippen molar-refractivity contribution >= 4 is 28.9 Å². The van der Waals surface area contributed by atoms with E-state index in [0.29, 0.717) is 42.9 Å². The van der Waals surface area contributed by atoms with E-state index in [2.05, 4.69) is 13.8 Å². The number of nitro groups is 1. The molecular formula is C22H26ClN3O4. The number of carbonyl (C=O) groups is 1. The third-order valence-electron chi connectivity index (χ3n) is 5.54. The van der Waals surface area contributed by atoms with Crippen molar-refractivity contribution in [2.75, 3.05) is 37.7 Å². The molecule has 0 spiro atoms. The quantitative estimate of drug-likeness (QED) is 0.477. The first-order valence-corrected chi connectivity index (χ1v) is 10.5. The number of hydrogen-bond acceptors (Lipinski definition) is 5. The van der Waals surface area contributed by atoms with Gasteiger partial charge in [0.05, 0.1) is 15.6 Å². The molecule has 30 heavy (non-hydrogen) atoms. The summed E-state index contributed by atoms with van der Waals surface area (Å²) in [7, 11) is 0. The van der Waals surface area contributed by atoms with Crippen molar-refractivity contribution in [3.8, 4) is 5.75 Å². The van der Waals surface area contributed by atoms with Crippen LogP contribution in [0.15, 0.2) is 42.5 Å². The summed E-state index contributed by atoms with van der Waals surface area (Å²) in [5, 5.41) is 11.2. The molecule has 0 unspecified atom stereocenters. The zero-order chi connectivity index (χ0) is 21.7. The summed E-state index contributed by atoms with van der Waals surface area (Å²) in [6.07, 6.45) is 1.08. The molecule has 1 saturated heterocycles. The molecule has 2 aromatic rings. The van der Waals surface area contributed by atoms with E-state index in [1.807, 2.05) is 29.2 Å². The summed E-state index contributed by atoms with van der Waals surface area (Å²) in [5.41, 5.74) is 1.97. The second kappa shape index (κ2) is 9.80. The van der Waals surface area contributed by atoms with E-state index in [0.717, 1.165) is 12.1 Å². The molecule has 8 heteroatoms. The summed E-state index contributed by atoms with van der Waals surface area (Å²) in [6.45, 7) is 6.64. The zero-order valence-corrected chi connectivity index (χ0v) is 18.0. The third-order valence-corrected chi connectivity index (χ3v) is 5.84. The van der Waals surface area contributed by atoms with Crippen molar-refractivity contribution in [1.82, 2.24) is 4.90 Å². The number of rotatable bonds is 7. The lowest BCUT2D eigenvalue weighted by atomic mass is 9.99. The van der Waals surface area contributed by atoms with Gasteiger partial charge < -0.3 is 14.5 Å². The fourth-order valence-corrected chi connectivity index (χ4v) is 3.72. The summed E-state index contributed by atoms with van der Waals surface area (Å²) < 4.78 is 5.67. The van der Waals surface area contributed by atoms with Crippen molar-refractivity contribution in [3.05, 3.63) is 63.2 Å².